The van der Waals surface area contributed by atoms with Crippen molar-refractivity contribution < 1.29 is 13.9 Å². The lowest BCUT2D eigenvalue weighted by Gasteiger charge is -2.34. The van der Waals surface area contributed by atoms with Crippen LogP contribution in [0.2, 0.25) is 0 Å². The fourth-order valence-electron chi connectivity index (χ4n) is 2.57. The molecule has 0 N–H and O–H groups in total. The largest absolute Gasteiger partial charge is 0.478 e. The van der Waals surface area contributed by atoms with Crippen LogP contribution in [-0.2, 0) is 0 Å². The Balaban J connectivity index is 1.66. The van der Waals surface area contributed by atoms with Gasteiger partial charge in [-0.3, -0.25) is 4.79 Å². The lowest BCUT2D eigenvalue weighted by atomic mass is 10.2. The number of aryl methyl sites for hydroxylation is 1. The second-order valence-electron chi connectivity index (χ2n) is 5.37. The third-order valence-corrected chi connectivity index (χ3v) is 3.73. The first-order valence-corrected chi connectivity index (χ1v) is 7.72. The molecule has 0 aliphatic carbocycles. The summed E-state index contributed by atoms with van der Waals surface area (Å²) in [7, 11) is 0. The van der Waals surface area contributed by atoms with Crippen molar-refractivity contribution in [2.24, 2.45) is 0 Å². The smallest absolute Gasteiger partial charge is 0.257 e. The molecule has 7 nitrogen and oxygen atoms in total. The maximum atomic E-state index is 12.3. The molecule has 122 valence electrons. The van der Waals surface area contributed by atoms with Crippen molar-refractivity contribution in [2.45, 2.75) is 13.8 Å². The molecule has 23 heavy (non-hydrogen) atoms. The molecule has 7 heteroatoms. The summed E-state index contributed by atoms with van der Waals surface area (Å²) < 4.78 is 10.4. The van der Waals surface area contributed by atoms with E-state index < -0.39 is 0 Å². The number of hydrogen-bond acceptors (Lipinski definition) is 6. The molecule has 0 unspecified atom stereocenters. The minimum Gasteiger partial charge on any atom is -0.478 e. The molecule has 1 aliphatic heterocycles. The number of carbonyl (C=O) groups is 1. The van der Waals surface area contributed by atoms with Crippen LogP contribution < -0.4 is 9.64 Å². The van der Waals surface area contributed by atoms with Crippen molar-refractivity contribution in [3.05, 3.63) is 35.9 Å². The van der Waals surface area contributed by atoms with Crippen molar-refractivity contribution in [3.8, 4) is 5.88 Å². The predicted octanol–water partition coefficient (Wildman–Crippen LogP) is 1.74. The van der Waals surface area contributed by atoms with Crippen LogP contribution in [0.25, 0.3) is 0 Å². The van der Waals surface area contributed by atoms with Gasteiger partial charge in [0.15, 0.2) is 0 Å². The Kier molecular flexibility index (Phi) is 4.45. The van der Waals surface area contributed by atoms with E-state index in [1.807, 2.05) is 24.8 Å². The average molecular weight is 316 g/mol. The number of carbonyl (C=O) groups excluding carboxylic acids is 1. The molecule has 1 amide bonds. The topological polar surface area (TPSA) is 71.7 Å². The zero-order valence-electron chi connectivity index (χ0n) is 13.4. The van der Waals surface area contributed by atoms with Gasteiger partial charge in [-0.1, -0.05) is 0 Å². The van der Waals surface area contributed by atoms with E-state index in [2.05, 4.69) is 14.9 Å². The summed E-state index contributed by atoms with van der Waals surface area (Å²) in [5.41, 5.74) is 1.46. The van der Waals surface area contributed by atoms with Crippen molar-refractivity contribution >= 4 is 11.9 Å². The first kappa shape index (κ1) is 15.3. The van der Waals surface area contributed by atoms with E-state index in [1.54, 1.807) is 6.07 Å². The molecule has 0 spiro atoms. The van der Waals surface area contributed by atoms with Gasteiger partial charge in [-0.15, -0.1) is 0 Å². The van der Waals surface area contributed by atoms with Crippen molar-refractivity contribution in [2.75, 3.05) is 37.7 Å². The van der Waals surface area contributed by atoms with Crippen LogP contribution in [0.1, 0.15) is 23.0 Å². The number of anilines is 1. The molecule has 0 aromatic carbocycles. The Bertz CT molecular complexity index is 664. The lowest BCUT2D eigenvalue weighted by Crippen LogP contribution is -2.49. The van der Waals surface area contributed by atoms with Crippen LogP contribution in [0.3, 0.4) is 0 Å². The molecule has 0 saturated carbocycles. The van der Waals surface area contributed by atoms with Gasteiger partial charge < -0.3 is 19.0 Å². The molecule has 1 fully saturated rings. The van der Waals surface area contributed by atoms with E-state index >= 15 is 0 Å². The quantitative estimate of drug-likeness (QED) is 0.855. The lowest BCUT2D eigenvalue weighted by molar-refractivity contribution is 0.0745. The Morgan fingerprint density at radius 1 is 1.30 bits per heavy atom. The Morgan fingerprint density at radius 2 is 2.09 bits per heavy atom. The number of rotatable bonds is 4. The van der Waals surface area contributed by atoms with Crippen molar-refractivity contribution in [3.63, 3.8) is 0 Å². The first-order chi connectivity index (χ1) is 11.2. The third-order valence-electron chi connectivity index (χ3n) is 3.73. The summed E-state index contributed by atoms with van der Waals surface area (Å²) in [6.07, 6.45) is 2.99. The number of hydrogen-bond donors (Lipinski definition) is 0. The molecule has 1 saturated heterocycles. The second-order valence-corrected chi connectivity index (χ2v) is 5.37. The molecular formula is C16H20N4O3. The summed E-state index contributed by atoms with van der Waals surface area (Å²) in [5, 5.41) is 0. The van der Waals surface area contributed by atoms with E-state index in [0.29, 0.717) is 50.2 Å². The number of amides is 1. The molecule has 0 bridgehead atoms. The summed E-state index contributed by atoms with van der Waals surface area (Å²) >= 11 is 0. The third kappa shape index (κ3) is 3.44. The van der Waals surface area contributed by atoms with Crippen LogP contribution in [0.15, 0.2) is 29.1 Å². The molecule has 1 aliphatic rings. The first-order valence-electron chi connectivity index (χ1n) is 7.72. The van der Waals surface area contributed by atoms with Gasteiger partial charge in [-0.05, 0) is 19.9 Å². The van der Waals surface area contributed by atoms with Crippen molar-refractivity contribution in [1.82, 2.24) is 14.9 Å². The van der Waals surface area contributed by atoms with Crippen LogP contribution in [0, 0.1) is 6.92 Å². The highest BCUT2D eigenvalue weighted by molar-refractivity contribution is 5.93. The summed E-state index contributed by atoms with van der Waals surface area (Å²) in [6, 6.07) is 3.51. The van der Waals surface area contributed by atoms with Gasteiger partial charge in [-0.25, -0.2) is 4.98 Å². The van der Waals surface area contributed by atoms with Crippen LogP contribution >= 0.6 is 0 Å². The monoisotopic (exact) mass is 316 g/mol. The Labute approximate surface area is 134 Å². The average Bonchev–Trinajstić information content (AvgIpc) is 3.08. The zero-order chi connectivity index (χ0) is 16.2. The second kappa shape index (κ2) is 6.68. The van der Waals surface area contributed by atoms with E-state index in [4.69, 9.17) is 9.15 Å². The van der Waals surface area contributed by atoms with Crippen LogP contribution in [0.4, 0.5) is 5.95 Å². The summed E-state index contributed by atoms with van der Waals surface area (Å²) in [6.45, 7) is 7.07. The van der Waals surface area contributed by atoms with Crippen LogP contribution in [0.5, 0.6) is 5.88 Å². The molecule has 0 atom stereocenters. The fourth-order valence-corrected chi connectivity index (χ4v) is 2.57. The highest BCUT2D eigenvalue weighted by atomic mass is 16.5. The van der Waals surface area contributed by atoms with E-state index in [9.17, 15) is 4.79 Å². The van der Waals surface area contributed by atoms with Gasteiger partial charge >= 0.3 is 0 Å². The van der Waals surface area contributed by atoms with Crippen molar-refractivity contribution in [1.29, 1.82) is 0 Å². The van der Waals surface area contributed by atoms with E-state index in [-0.39, 0.29) is 5.91 Å². The number of nitrogens with zero attached hydrogens (tertiary/aromatic N) is 4. The van der Waals surface area contributed by atoms with Gasteiger partial charge in [0.05, 0.1) is 18.4 Å². The molecule has 2 aromatic rings. The van der Waals surface area contributed by atoms with Gasteiger partial charge in [0.1, 0.15) is 6.26 Å². The number of aromatic nitrogens is 2. The number of furan rings is 1. The minimum atomic E-state index is -0.00133. The van der Waals surface area contributed by atoms with E-state index in [0.717, 1.165) is 5.69 Å². The molecule has 3 heterocycles. The fraction of sp³-hybridized carbons (Fsp3) is 0.438. The highest BCUT2D eigenvalue weighted by Gasteiger charge is 2.24. The minimum absolute atomic E-state index is 0.00133. The normalized spacial score (nSPS) is 14.9. The van der Waals surface area contributed by atoms with Gasteiger partial charge in [0.2, 0.25) is 11.8 Å². The zero-order valence-corrected chi connectivity index (χ0v) is 13.4. The molecule has 0 radical (unpaired) electrons. The maximum absolute atomic E-state index is 12.3. The molecule has 2 aromatic heterocycles. The number of ether oxygens (including phenoxy) is 1. The Hall–Kier alpha value is -2.57. The highest BCUT2D eigenvalue weighted by Crippen LogP contribution is 2.18. The van der Waals surface area contributed by atoms with E-state index in [1.165, 1.54) is 12.5 Å². The Morgan fingerprint density at radius 3 is 2.74 bits per heavy atom. The maximum Gasteiger partial charge on any atom is 0.257 e. The van der Waals surface area contributed by atoms with Gasteiger partial charge in [0, 0.05) is 37.9 Å². The van der Waals surface area contributed by atoms with Gasteiger partial charge in [0.25, 0.3) is 5.91 Å². The van der Waals surface area contributed by atoms with Gasteiger partial charge in [-0.2, -0.15) is 4.98 Å². The standard InChI is InChI=1S/C16H20N4O3/c1-3-23-14-10-12(2)17-16(18-14)20-7-5-19(6-8-20)15(21)13-4-9-22-11-13/h4,9-11H,3,5-8H2,1-2H3. The number of piperazine rings is 1. The molecule has 3 rings (SSSR count). The summed E-state index contributed by atoms with van der Waals surface area (Å²) in [4.78, 5) is 25.1. The van der Waals surface area contributed by atoms with Crippen LogP contribution in [-0.4, -0.2) is 53.6 Å². The molecular weight excluding hydrogens is 296 g/mol. The summed E-state index contributed by atoms with van der Waals surface area (Å²) in [5.74, 6) is 1.24. The SMILES string of the molecule is CCOc1cc(C)nc(N2CCN(C(=O)c3ccoc3)CC2)n1. The predicted molar refractivity (Wildman–Crippen MR) is 84.8 cm³/mol.